The zero-order valence-corrected chi connectivity index (χ0v) is 11.6. The quantitative estimate of drug-likeness (QED) is 0.684. The van der Waals surface area contributed by atoms with Gasteiger partial charge in [-0.05, 0) is 24.3 Å². The summed E-state index contributed by atoms with van der Waals surface area (Å²) in [5, 5.41) is 13.3. The summed E-state index contributed by atoms with van der Waals surface area (Å²) in [6.45, 7) is 0. The lowest BCUT2D eigenvalue weighted by molar-refractivity contribution is -0.384. The van der Waals surface area contributed by atoms with E-state index in [9.17, 15) is 19.3 Å². The van der Waals surface area contributed by atoms with Crippen LogP contribution in [0.3, 0.4) is 0 Å². The Morgan fingerprint density at radius 1 is 1.25 bits per heavy atom. The summed E-state index contributed by atoms with van der Waals surface area (Å²) in [6.07, 6.45) is 0. The number of halogens is 2. The summed E-state index contributed by atoms with van der Waals surface area (Å²) in [5.41, 5.74) is -0.444. The van der Waals surface area contributed by atoms with E-state index >= 15 is 0 Å². The van der Waals surface area contributed by atoms with Gasteiger partial charge in [-0.1, -0.05) is 28.1 Å². The molecule has 20 heavy (non-hydrogen) atoms. The van der Waals surface area contributed by atoms with E-state index in [4.69, 9.17) is 0 Å². The van der Waals surface area contributed by atoms with Crippen molar-refractivity contribution in [2.45, 2.75) is 0 Å². The molecule has 0 aliphatic rings. The normalized spacial score (nSPS) is 10.1. The van der Waals surface area contributed by atoms with Gasteiger partial charge in [0.2, 0.25) is 0 Å². The zero-order chi connectivity index (χ0) is 14.7. The van der Waals surface area contributed by atoms with Crippen LogP contribution in [0.2, 0.25) is 0 Å². The van der Waals surface area contributed by atoms with Crippen LogP contribution < -0.4 is 5.32 Å². The number of nitro groups is 1. The van der Waals surface area contributed by atoms with Crippen LogP contribution in [0.15, 0.2) is 46.9 Å². The molecule has 0 atom stereocenters. The van der Waals surface area contributed by atoms with E-state index in [1.165, 1.54) is 30.3 Å². The second kappa shape index (κ2) is 5.79. The summed E-state index contributed by atoms with van der Waals surface area (Å²) in [6, 6.07) is 9.59. The summed E-state index contributed by atoms with van der Waals surface area (Å²) >= 11 is 3.11. The van der Waals surface area contributed by atoms with Gasteiger partial charge in [0.1, 0.15) is 11.5 Å². The first-order valence-corrected chi connectivity index (χ1v) is 6.28. The van der Waals surface area contributed by atoms with Gasteiger partial charge in [0.05, 0.1) is 10.5 Å². The lowest BCUT2D eigenvalue weighted by atomic mass is 10.2. The van der Waals surface area contributed by atoms with Crippen LogP contribution in [0.25, 0.3) is 0 Å². The van der Waals surface area contributed by atoms with Crippen molar-refractivity contribution in [1.82, 2.24) is 0 Å². The molecule has 5 nitrogen and oxygen atoms in total. The number of amides is 1. The van der Waals surface area contributed by atoms with Gasteiger partial charge in [-0.2, -0.15) is 0 Å². The monoisotopic (exact) mass is 338 g/mol. The van der Waals surface area contributed by atoms with E-state index in [1.54, 1.807) is 6.07 Å². The molecule has 0 saturated carbocycles. The van der Waals surface area contributed by atoms with Crippen LogP contribution in [-0.2, 0) is 0 Å². The lowest BCUT2D eigenvalue weighted by Crippen LogP contribution is -2.14. The minimum Gasteiger partial charge on any atom is -0.316 e. The van der Waals surface area contributed by atoms with Crippen molar-refractivity contribution in [2.24, 2.45) is 0 Å². The highest BCUT2D eigenvalue weighted by Gasteiger charge is 2.18. The van der Waals surface area contributed by atoms with Crippen molar-refractivity contribution in [3.05, 3.63) is 68.4 Å². The van der Waals surface area contributed by atoms with Crippen LogP contribution in [0.1, 0.15) is 10.4 Å². The number of benzene rings is 2. The van der Waals surface area contributed by atoms with E-state index < -0.39 is 16.6 Å². The van der Waals surface area contributed by atoms with Crippen LogP contribution in [-0.4, -0.2) is 10.8 Å². The molecule has 0 radical (unpaired) electrons. The number of nitro benzene ring substituents is 1. The Morgan fingerprint density at radius 3 is 2.60 bits per heavy atom. The van der Waals surface area contributed by atoms with E-state index in [-0.39, 0.29) is 16.9 Å². The SMILES string of the molecule is O=C(Nc1ccc(Br)cc1[N+](=O)[O-])c1ccccc1F. The van der Waals surface area contributed by atoms with Gasteiger partial charge in [0, 0.05) is 10.5 Å². The largest absolute Gasteiger partial charge is 0.316 e. The number of rotatable bonds is 3. The number of hydrogen-bond acceptors (Lipinski definition) is 3. The van der Waals surface area contributed by atoms with Crippen LogP contribution in [0, 0.1) is 15.9 Å². The summed E-state index contributed by atoms with van der Waals surface area (Å²) in [7, 11) is 0. The molecule has 7 heteroatoms. The highest BCUT2D eigenvalue weighted by atomic mass is 79.9. The molecular formula is C13H8BrFN2O3. The lowest BCUT2D eigenvalue weighted by Gasteiger charge is -2.07. The minimum atomic E-state index is -0.742. The van der Waals surface area contributed by atoms with E-state index in [0.29, 0.717) is 4.47 Å². The second-order valence-corrected chi connectivity index (χ2v) is 4.77. The smallest absolute Gasteiger partial charge is 0.293 e. The summed E-state index contributed by atoms with van der Waals surface area (Å²) in [4.78, 5) is 22.2. The molecule has 102 valence electrons. The predicted molar refractivity (Wildman–Crippen MR) is 75.1 cm³/mol. The average Bonchev–Trinajstić information content (AvgIpc) is 2.41. The molecule has 0 bridgehead atoms. The Kier molecular flexibility index (Phi) is 4.09. The third-order valence-corrected chi connectivity index (χ3v) is 3.02. The summed E-state index contributed by atoms with van der Waals surface area (Å²) < 4.78 is 14.0. The fraction of sp³-hybridized carbons (Fsp3) is 0. The van der Waals surface area contributed by atoms with Gasteiger partial charge < -0.3 is 5.32 Å². The Bertz CT molecular complexity index is 691. The molecule has 0 heterocycles. The van der Waals surface area contributed by atoms with Crippen molar-refractivity contribution in [3.8, 4) is 0 Å². The fourth-order valence-electron chi connectivity index (χ4n) is 1.60. The number of hydrogen-bond donors (Lipinski definition) is 1. The molecule has 1 N–H and O–H groups in total. The van der Waals surface area contributed by atoms with Crippen molar-refractivity contribution in [1.29, 1.82) is 0 Å². The molecule has 2 aromatic carbocycles. The van der Waals surface area contributed by atoms with E-state index in [2.05, 4.69) is 21.2 Å². The second-order valence-electron chi connectivity index (χ2n) is 3.85. The van der Waals surface area contributed by atoms with E-state index in [1.807, 2.05) is 0 Å². The fourth-order valence-corrected chi connectivity index (χ4v) is 1.95. The molecule has 0 saturated heterocycles. The Labute approximate surface area is 121 Å². The van der Waals surface area contributed by atoms with Crippen LogP contribution >= 0.6 is 15.9 Å². The first-order chi connectivity index (χ1) is 9.49. The minimum absolute atomic E-state index is 0.00598. The maximum atomic E-state index is 13.5. The van der Waals surface area contributed by atoms with Crippen molar-refractivity contribution < 1.29 is 14.1 Å². The average molecular weight is 339 g/mol. The molecule has 0 fully saturated rings. The Hall–Kier alpha value is -2.28. The summed E-state index contributed by atoms with van der Waals surface area (Å²) in [5.74, 6) is -1.43. The van der Waals surface area contributed by atoms with Gasteiger partial charge in [-0.15, -0.1) is 0 Å². The topological polar surface area (TPSA) is 72.2 Å². The van der Waals surface area contributed by atoms with Crippen LogP contribution in [0.5, 0.6) is 0 Å². The Morgan fingerprint density at radius 2 is 1.95 bits per heavy atom. The molecule has 0 aliphatic carbocycles. The third-order valence-electron chi connectivity index (χ3n) is 2.52. The maximum absolute atomic E-state index is 13.5. The van der Waals surface area contributed by atoms with Crippen molar-refractivity contribution in [3.63, 3.8) is 0 Å². The molecular weight excluding hydrogens is 331 g/mol. The van der Waals surface area contributed by atoms with Gasteiger partial charge in [0.25, 0.3) is 11.6 Å². The predicted octanol–water partition coefficient (Wildman–Crippen LogP) is 3.75. The first kappa shape index (κ1) is 14.1. The maximum Gasteiger partial charge on any atom is 0.293 e. The molecule has 0 unspecified atom stereocenters. The van der Waals surface area contributed by atoms with Gasteiger partial charge in [0.15, 0.2) is 0 Å². The molecule has 0 aromatic heterocycles. The molecule has 0 aliphatic heterocycles. The number of carbonyl (C=O) groups is 1. The van der Waals surface area contributed by atoms with E-state index in [0.717, 1.165) is 6.07 Å². The first-order valence-electron chi connectivity index (χ1n) is 5.49. The standard InChI is InChI=1S/C13H8BrFN2O3/c14-8-5-6-11(12(7-8)17(19)20)16-13(18)9-3-1-2-4-10(9)15/h1-7H,(H,16,18). The molecule has 0 spiro atoms. The van der Waals surface area contributed by atoms with Crippen molar-refractivity contribution >= 4 is 33.2 Å². The number of carbonyl (C=O) groups excluding carboxylic acids is 1. The van der Waals surface area contributed by atoms with Gasteiger partial charge >= 0.3 is 0 Å². The highest BCUT2D eigenvalue weighted by molar-refractivity contribution is 9.10. The number of nitrogens with one attached hydrogen (secondary N) is 1. The molecule has 1 amide bonds. The number of nitrogens with zero attached hydrogens (tertiary/aromatic N) is 1. The van der Waals surface area contributed by atoms with Crippen molar-refractivity contribution in [2.75, 3.05) is 5.32 Å². The Balaban J connectivity index is 2.33. The third kappa shape index (κ3) is 3.00. The van der Waals surface area contributed by atoms with Gasteiger partial charge in [-0.25, -0.2) is 4.39 Å². The van der Waals surface area contributed by atoms with Gasteiger partial charge in [-0.3, -0.25) is 14.9 Å². The highest BCUT2D eigenvalue weighted by Crippen LogP contribution is 2.28. The number of anilines is 1. The molecule has 2 rings (SSSR count). The van der Waals surface area contributed by atoms with Crippen LogP contribution in [0.4, 0.5) is 15.8 Å². The molecule has 2 aromatic rings. The zero-order valence-electron chi connectivity index (χ0n) is 9.97.